The van der Waals surface area contributed by atoms with Gasteiger partial charge in [-0.05, 0) is 31.5 Å². The van der Waals surface area contributed by atoms with E-state index in [2.05, 4.69) is 34.2 Å². The molecule has 2 unspecified atom stereocenters. The van der Waals surface area contributed by atoms with Crippen molar-refractivity contribution in [2.24, 2.45) is 0 Å². The summed E-state index contributed by atoms with van der Waals surface area (Å²) >= 11 is 3.46. The lowest BCUT2D eigenvalue weighted by molar-refractivity contribution is 0.405. The fourth-order valence-corrected chi connectivity index (χ4v) is 2.71. The van der Waals surface area contributed by atoms with E-state index in [1.54, 1.807) is 13.4 Å². The molecule has 0 saturated heterocycles. The fourth-order valence-electron chi connectivity index (χ4n) is 1.61. The highest BCUT2D eigenvalue weighted by atomic mass is 79.9. The van der Waals surface area contributed by atoms with Crippen molar-refractivity contribution in [1.29, 1.82) is 0 Å². The maximum absolute atomic E-state index is 11.0. The molecule has 0 aliphatic carbocycles. The third kappa shape index (κ3) is 5.50. The van der Waals surface area contributed by atoms with Gasteiger partial charge in [0.15, 0.2) is 0 Å². The van der Waals surface area contributed by atoms with Crippen molar-refractivity contribution in [3.05, 3.63) is 28.2 Å². The minimum Gasteiger partial charge on any atom is -0.496 e. The SMILES string of the molecule is COc1ccc(Br)cc1CNC(C)CCS(C)=O. The molecule has 3 nitrogen and oxygen atoms in total. The molecule has 1 N–H and O–H groups in total. The second kappa shape index (κ2) is 7.92. The molecule has 1 rings (SSSR count). The number of methoxy groups -OCH3 is 1. The van der Waals surface area contributed by atoms with Crippen LogP contribution in [0.5, 0.6) is 5.75 Å². The molecule has 1 aromatic rings. The summed E-state index contributed by atoms with van der Waals surface area (Å²) in [4.78, 5) is 0. The van der Waals surface area contributed by atoms with Crippen LogP contribution in [0.4, 0.5) is 0 Å². The van der Waals surface area contributed by atoms with E-state index in [1.807, 2.05) is 12.1 Å². The second-order valence-corrected chi connectivity index (χ2v) is 6.77. The summed E-state index contributed by atoms with van der Waals surface area (Å²) < 4.78 is 17.4. The fraction of sp³-hybridized carbons (Fsp3) is 0.538. The smallest absolute Gasteiger partial charge is 0.123 e. The molecule has 0 aliphatic rings. The summed E-state index contributed by atoms with van der Waals surface area (Å²) in [6.45, 7) is 2.86. The minimum atomic E-state index is -0.716. The van der Waals surface area contributed by atoms with Gasteiger partial charge in [-0.2, -0.15) is 0 Å². The van der Waals surface area contributed by atoms with Crippen LogP contribution in [0.15, 0.2) is 22.7 Å². The van der Waals surface area contributed by atoms with Crippen LogP contribution < -0.4 is 10.1 Å². The zero-order valence-electron chi connectivity index (χ0n) is 11.0. The average Bonchev–Trinajstić information content (AvgIpc) is 2.34. The molecule has 0 amide bonds. The van der Waals surface area contributed by atoms with Crippen molar-refractivity contribution in [3.63, 3.8) is 0 Å². The molecule has 0 bridgehead atoms. The number of hydrogen-bond acceptors (Lipinski definition) is 3. The van der Waals surface area contributed by atoms with Gasteiger partial charge in [-0.15, -0.1) is 0 Å². The topological polar surface area (TPSA) is 38.3 Å². The predicted molar refractivity (Wildman–Crippen MR) is 80.5 cm³/mol. The average molecular weight is 334 g/mol. The van der Waals surface area contributed by atoms with Crippen molar-refractivity contribution in [2.75, 3.05) is 19.1 Å². The highest BCUT2D eigenvalue weighted by molar-refractivity contribution is 9.10. The lowest BCUT2D eigenvalue weighted by Gasteiger charge is -2.15. The Morgan fingerprint density at radius 3 is 2.83 bits per heavy atom. The maximum Gasteiger partial charge on any atom is 0.123 e. The summed E-state index contributed by atoms with van der Waals surface area (Å²) in [5, 5.41) is 3.42. The van der Waals surface area contributed by atoms with Gasteiger partial charge >= 0.3 is 0 Å². The molecule has 0 spiro atoms. The summed E-state index contributed by atoms with van der Waals surface area (Å²) in [5.74, 6) is 1.63. The van der Waals surface area contributed by atoms with Crippen molar-refractivity contribution in [2.45, 2.75) is 25.9 Å². The number of hydrogen-bond donors (Lipinski definition) is 1. The van der Waals surface area contributed by atoms with Gasteiger partial charge in [0.1, 0.15) is 5.75 Å². The Bertz CT molecular complexity index is 412. The molecule has 102 valence electrons. The largest absolute Gasteiger partial charge is 0.496 e. The van der Waals surface area contributed by atoms with E-state index in [4.69, 9.17) is 4.74 Å². The molecule has 0 saturated carbocycles. The predicted octanol–water partition coefficient (Wildman–Crippen LogP) is 2.70. The Labute approximate surface area is 120 Å². The highest BCUT2D eigenvalue weighted by Gasteiger charge is 2.07. The Kier molecular flexibility index (Phi) is 6.89. The quantitative estimate of drug-likeness (QED) is 0.833. The molecular formula is C13H20BrNO2S. The zero-order chi connectivity index (χ0) is 13.5. The van der Waals surface area contributed by atoms with Crippen molar-refractivity contribution in [3.8, 4) is 5.75 Å². The van der Waals surface area contributed by atoms with Crippen LogP contribution in [0, 0.1) is 0 Å². The monoisotopic (exact) mass is 333 g/mol. The summed E-state index contributed by atoms with van der Waals surface area (Å²) in [6.07, 6.45) is 2.66. The third-order valence-electron chi connectivity index (χ3n) is 2.72. The standard InChI is InChI=1S/C13H20BrNO2S/c1-10(6-7-18(3)16)15-9-11-8-12(14)4-5-13(11)17-2/h4-5,8,10,15H,6-7,9H2,1-3H3. The van der Waals surface area contributed by atoms with Crippen LogP contribution in [-0.4, -0.2) is 29.4 Å². The molecule has 18 heavy (non-hydrogen) atoms. The molecule has 1 aromatic carbocycles. The van der Waals surface area contributed by atoms with Crippen LogP contribution >= 0.6 is 15.9 Å². The molecule has 0 fully saturated rings. The van der Waals surface area contributed by atoms with Gasteiger partial charge in [0, 0.05) is 45.4 Å². The van der Waals surface area contributed by atoms with Gasteiger partial charge in [-0.1, -0.05) is 15.9 Å². The molecule has 2 atom stereocenters. The van der Waals surface area contributed by atoms with E-state index in [0.29, 0.717) is 6.04 Å². The Balaban J connectivity index is 2.52. The van der Waals surface area contributed by atoms with Crippen LogP contribution in [0.2, 0.25) is 0 Å². The number of nitrogens with one attached hydrogen (secondary N) is 1. The van der Waals surface area contributed by atoms with Gasteiger partial charge < -0.3 is 10.1 Å². The highest BCUT2D eigenvalue weighted by Crippen LogP contribution is 2.22. The van der Waals surface area contributed by atoms with Crippen molar-refractivity contribution < 1.29 is 8.95 Å². The first kappa shape index (κ1) is 15.7. The number of rotatable bonds is 7. The summed E-state index contributed by atoms with van der Waals surface area (Å²) in [5.41, 5.74) is 1.12. The lowest BCUT2D eigenvalue weighted by Crippen LogP contribution is -2.27. The Morgan fingerprint density at radius 2 is 2.22 bits per heavy atom. The van der Waals surface area contributed by atoms with Gasteiger partial charge in [0.2, 0.25) is 0 Å². The molecule has 0 heterocycles. The van der Waals surface area contributed by atoms with E-state index in [-0.39, 0.29) is 0 Å². The Morgan fingerprint density at radius 1 is 1.50 bits per heavy atom. The van der Waals surface area contributed by atoms with Gasteiger partial charge in [-0.25, -0.2) is 0 Å². The zero-order valence-corrected chi connectivity index (χ0v) is 13.4. The van der Waals surface area contributed by atoms with E-state index < -0.39 is 10.8 Å². The van der Waals surface area contributed by atoms with Gasteiger partial charge in [0.05, 0.1) is 7.11 Å². The number of benzene rings is 1. The Hall–Kier alpha value is -0.390. The van der Waals surface area contributed by atoms with Crippen molar-refractivity contribution >= 4 is 26.7 Å². The van der Waals surface area contributed by atoms with E-state index in [9.17, 15) is 4.21 Å². The van der Waals surface area contributed by atoms with Crippen LogP contribution in [0.1, 0.15) is 18.9 Å². The maximum atomic E-state index is 11.0. The third-order valence-corrected chi connectivity index (χ3v) is 4.03. The first-order chi connectivity index (χ1) is 8.52. The number of ether oxygens (including phenoxy) is 1. The molecular weight excluding hydrogens is 314 g/mol. The molecule has 0 radical (unpaired) electrons. The molecule has 5 heteroatoms. The lowest BCUT2D eigenvalue weighted by atomic mass is 10.2. The van der Waals surface area contributed by atoms with E-state index in [0.717, 1.165) is 34.5 Å². The van der Waals surface area contributed by atoms with Gasteiger partial charge in [-0.3, -0.25) is 4.21 Å². The summed E-state index contributed by atoms with van der Waals surface area (Å²) in [7, 11) is 0.961. The second-order valence-electron chi connectivity index (χ2n) is 4.30. The summed E-state index contributed by atoms with van der Waals surface area (Å²) in [6, 6.07) is 6.31. The van der Waals surface area contributed by atoms with Crippen LogP contribution in [0.25, 0.3) is 0 Å². The molecule has 0 aromatic heterocycles. The molecule has 0 aliphatic heterocycles. The first-order valence-corrected chi connectivity index (χ1v) is 8.40. The minimum absolute atomic E-state index is 0.345. The van der Waals surface area contributed by atoms with E-state index in [1.165, 1.54) is 0 Å². The van der Waals surface area contributed by atoms with E-state index >= 15 is 0 Å². The van der Waals surface area contributed by atoms with Crippen LogP contribution in [-0.2, 0) is 17.3 Å². The normalized spacial score (nSPS) is 14.2. The number of halogens is 1. The van der Waals surface area contributed by atoms with Crippen LogP contribution in [0.3, 0.4) is 0 Å². The van der Waals surface area contributed by atoms with Crippen molar-refractivity contribution in [1.82, 2.24) is 5.32 Å². The first-order valence-electron chi connectivity index (χ1n) is 5.88. The van der Waals surface area contributed by atoms with Gasteiger partial charge in [0.25, 0.3) is 0 Å².